The quantitative estimate of drug-likeness (QED) is 0.875. The van der Waals surface area contributed by atoms with Crippen LogP contribution >= 0.6 is 0 Å². The number of amides is 1. The van der Waals surface area contributed by atoms with Crippen molar-refractivity contribution in [2.45, 2.75) is 25.4 Å². The second-order valence-corrected chi connectivity index (χ2v) is 7.70. The number of aromatic nitrogens is 2. The van der Waals surface area contributed by atoms with Crippen LogP contribution in [-0.2, 0) is 0 Å². The first-order valence-corrected chi connectivity index (χ1v) is 9.75. The van der Waals surface area contributed by atoms with Crippen molar-refractivity contribution in [3.8, 4) is 5.75 Å². The average Bonchev–Trinajstić information content (AvgIpc) is 2.76. The van der Waals surface area contributed by atoms with Crippen LogP contribution in [0.2, 0.25) is 0 Å². The fourth-order valence-electron chi connectivity index (χ4n) is 4.42. The number of anilines is 1. The number of piperidine rings is 2. The Hall–Kier alpha value is -2.67. The van der Waals surface area contributed by atoms with Crippen molar-refractivity contribution in [3.05, 3.63) is 48.3 Å². The van der Waals surface area contributed by atoms with Crippen LogP contribution in [0.5, 0.6) is 5.75 Å². The number of nitrogens with zero attached hydrogens (tertiary/aromatic N) is 4. The molecule has 28 heavy (non-hydrogen) atoms. The van der Waals surface area contributed by atoms with Gasteiger partial charge in [-0.05, 0) is 49.6 Å². The van der Waals surface area contributed by atoms with Crippen LogP contribution in [0.3, 0.4) is 0 Å². The maximum absolute atomic E-state index is 13.0. The van der Waals surface area contributed by atoms with Gasteiger partial charge in [-0.15, -0.1) is 0 Å². The molecule has 2 atom stereocenters. The largest absolute Gasteiger partial charge is 0.497 e. The standard InChI is InChI=1S/C21H26N4O3/c1-28-17-6-4-16(5-7-17)19(27)24-12-2-9-21(14-24)15-25(13-8-18(21)26)20-22-10-3-11-23-20/h3-7,10-11,18,26H,2,8-9,12-15H2,1H3/t18-,21+/m1/s1. The Morgan fingerprint density at radius 2 is 1.93 bits per heavy atom. The van der Waals surface area contributed by atoms with Crippen LogP contribution in [0, 0.1) is 5.41 Å². The number of aliphatic hydroxyl groups is 1. The summed E-state index contributed by atoms with van der Waals surface area (Å²) in [4.78, 5) is 25.8. The average molecular weight is 382 g/mol. The Bertz CT molecular complexity index is 814. The van der Waals surface area contributed by atoms with E-state index < -0.39 is 6.10 Å². The molecular formula is C21H26N4O3. The molecule has 0 unspecified atom stereocenters. The van der Waals surface area contributed by atoms with E-state index in [0.717, 1.165) is 25.1 Å². The number of hydrogen-bond acceptors (Lipinski definition) is 6. The Kier molecular flexibility index (Phi) is 5.17. The molecule has 1 aromatic heterocycles. The molecule has 2 saturated heterocycles. The summed E-state index contributed by atoms with van der Waals surface area (Å²) in [6, 6.07) is 9.00. The molecule has 148 valence electrons. The minimum absolute atomic E-state index is 0.00186. The van der Waals surface area contributed by atoms with Crippen LogP contribution < -0.4 is 9.64 Å². The smallest absolute Gasteiger partial charge is 0.253 e. The molecule has 2 aliphatic rings. The molecule has 0 saturated carbocycles. The van der Waals surface area contributed by atoms with E-state index in [-0.39, 0.29) is 11.3 Å². The third-order valence-corrected chi connectivity index (χ3v) is 5.95. The SMILES string of the molecule is COc1ccc(C(=O)N2CCC[C@]3(C2)CN(c2ncccn2)CC[C@H]3O)cc1. The van der Waals surface area contributed by atoms with E-state index in [1.165, 1.54) is 0 Å². The van der Waals surface area contributed by atoms with Gasteiger partial charge < -0.3 is 19.6 Å². The molecule has 1 N–H and O–H groups in total. The predicted octanol–water partition coefficient (Wildman–Crippen LogP) is 1.98. The van der Waals surface area contributed by atoms with Gasteiger partial charge in [-0.1, -0.05) is 0 Å². The zero-order chi connectivity index (χ0) is 19.6. The Morgan fingerprint density at radius 3 is 2.64 bits per heavy atom. The highest BCUT2D eigenvalue weighted by molar-refractivity contribution is 5.94. The minimum Gasteiger partial charge on any atom is -0.497 e. The van der Waals surface area contributed by atoms with Crippen molar-refractivity contribution in [1.29, 1.82) is 0 Å². The van der Waals surface area contributed by atoms with Crippen LogP contribution in [0.15, 0.2) is 42.7 Å². The monoisotopic (exact) mass is 382 g/mol. The summed E-state index contributed by atoms with van der Waals surface area (Å²) >= 11 is 0. The molecule has 0 bridgehead atoms. The molecule has 2 fully saturated rings. The summed E-state index contributed by atoms with van der Waals surface area (Å²) in [5.74, 6) is 1.42. The third-order valence-electron chi connectivity index (χ3n) is 5.95. The molecule has 0 aliphatic carbocycles. The van der Waals surface area contributed by atoms with Crippen molar-refractivity contribution >= 4 is 11.9 Å². The van der Waals surface area contributed by atoms with Crippen LogP contribution in [0.4, 0.5) is 5.95 Å². The lowest BCUT2D eigenvalue weighted by molar-refractivity contribution is -0.0363. The van der Waals surface area contributed by atoms with Gasteiger partial charge in [0.05, 0.1) is 13.2 Å². The Labute approximate surface area is 165 Å². The highest BCUT2D eigenvalue weighted by atomic mass is 16.5. The molecular weight excluding hydrogens is 356 g/mol. The van der Waals surface area contributed by atoms with E-state index in [1.54, 1.807) is 49.8 Å². The van der Waals surface area contributed by atoms with Gasteiger partial charge in [-0.3, -0.25) is 4.79 Å². The summed E-state index contributed by atoms with van der Waals surface area (Å²) in [5, 5.41) is 10.9. The number of hydrogen-bond donors (Lipinski definition) is 1. The van der Waals surface area contributed by atoms with Crippen LogP contribution in [0.25, 0.3) is 0 Å². The maximum Gasteiger partial charge on any atom is 0.253 e. The molecule has 1 aromatic carbocycles. The summed E-state index contributed by atoms with van der Waals surface area (Å²) in [7, 11) is 1.61. The van der Waals surface area contributed by atoms with E-state index in [2.05, 4.69) is 14.9 Å². The summed E-state index contributed by atoms with van der Waals surface area (Å²) < 4.78 is 5.18. The van der Waals surface area contributed by atoms with Crippen LogP contribution in [-0.4, -0.2) is 65.3 Å². The molecule has 2 aromatic rings. The normalized spacial score (nSPS) is 25.0. The maximum atomic E-state index is 13.0. The fourth-order valence-corrected chi connectivity index (χ4v) is 4.42. The first-order chi connectivity index (χ1) is 13.6. The van der Waals surface area contributed by atoms with Gasteiger partial charge in [0.15, 0.2) is 0 Å². The van der Waals surface area contributed by atoms with E-state index >= 15 is 0 Å². The molecule has 7 heteroatoms. The number of carbonyl (C=O) groups is 1. The van der Waals surface area contributed by atoms with Gasteiger partial charge in [0.1, 0.15) is 5.75 Å². The number of ether oxygens (including phenoxy) is 1. The van der Waals surface area contributed by atoms with Gasteiger partial charge in [-0.2, -0.15) is 0 Å². The van der Waals surface area contributed by atoms with E-state index in [0.29, 0.717) is 37.6 Å². The number of aliphatic hydroxyl groups excluding tert-OH is 1. The molecule has 0 radical (unpaired) electrons. The van der Waals surface area contributed by atoms with Crippen LogP contribution in [0.1, 0.15) is 29.6 Å². The molecule has 7 nitrogen and oxygen atoms in total. The zero-order valence-electron chi connectivity index (χ0n) is 16.1. The molecule has 1 spiro atoms. The lowest BCUT2D eigenvalue weighted by Gasteiger charge is -2.51. The Morgan fingerprint density at radius 1 is 1.18 bits per heavy atom. The van der Waals surface area contributed by atoms with Gasteiger partial charge >= 0.3 is 0 Å². The molecule has 3 heterocycles. The first-order valence-electron chi connectivity index (χ1n) is 9.75. The van der Waals surface area contributed by atoms with Gasteiger partial charge in [0.25, 0.3) is 5.91 Å². The van der Waals surface area contributed by atoms with E-state index in [4.69, 9.17) is 4.74 Å². The second kappa shape index (κ2) is 7.75. The van der Waals surface area contributed by atoms with Crippen molar-refractivity contribution in [3.63, 3.8) is 0 Å². The third kappa shape index (κ3) is 3.54. The summed E-state index contributed by atoms with van der Waals surface area (Å²) in [6.45, 7) is 2.63. The van der Waals surface area contributed by atoms with Gasteiger partial charge in [0.2, 0.25) is 5.95 Å². The zero-order valence-corrected chi connectivity index (χ0v) is 16.1. The van der Waals surface area contributed by atoms with Crippen molar-refractivity contribution in [2.75, 3.05) is 38.2 Å². The molecule has 2 aliphatic heterocycles. The highest BCUT2D eigenvalue weighted by Crippen LogP contribution is 2.40. The molecule has 1 amide bonds. The summed E-state index contributed by atoms with van der Waals surface area (Å²) in [6.07, 6.45) is 5.47. The van der Waals surface area contributed by atoms with Crippen molar-refractivity contribution in [2.24, 2.45) is 5.41 Å². The Balaban J connectivity index is 1.53. The number of rotatable bonds is 3. The lowest BCUT2D eigenvalue weighted by Crippen LogP contribution is -2.60. The lowest BCUT2D eigenvalue weighted by atomic mass is 9.71. The topological polar surface area (TPSA) is 78.8 Å². The van der Waals surface area contributed by atoms with Crippen molar-refractivity contribution < 1.29 is 14.6 Å². The molecule has 4 rings (SSSR count). The number of methoxy groups -OCH3 is 1. The van der Waals surface area contributed by atoms with E-state index in [1.807, 2.05) is 4.90 Å². The first kappa shape index (κ1) is 18.7. The fraction of sp³-hybridized carbons (Fsp3) is 0.476. The van der Waals surface area contributed by atoms with Gasteiger partial charge in [0, 0.05) is 49.6 Å². The summed E-state index contributed by atoms with van der Waals surface area (Å²) in [5.41, 5.74) is 0.295. The minimum atomic E-state index is -0.432. The number of carbonyl (C=O) groups excluding carboxylic acids is 1. The second-order valence-electron chi connectivity index (χ2n) is 7.70. The number of likely N-dealkylation sites (tertiary alicyclic amines) is 1. The van der Waals surface area contributed by atoms with E-state index in [9.17, 15) is 9.90 Å². The number of benzene rings is 1. The predicted molar refractivity (Wildman–Crippen MR) is 105 cm³/mol. The highest BCUT2D eigenvalue weighted by Gasteiger charge is 2.47. The van der Waals surface area contributed by atoms with Crippen molar-refractivity contribution in [1.82, 2.24) is 14.9 Å². The van der Waals surface area contributed by atoms with Gasteiger partial charge in [-0.25, -0.2) is 9.97 Å².